The fourth-order valence-electron chi connectivity index (χ4n) is 3.53. The van der Waals surface area contributed by atoms with Crippen molar-refractivity contribution in [3.63, 3.8) is 0 Å². The Labute approximate surface area is 149 Å². The first kappa shape index (κ1) is 17.1. The molecule has 0 radical (unpaired) electrons. The maximum absolute atomic E-state index is 13.3. The average molecular weight is 340 g/mol. The number of likely N-dealkylation sites (tertiary alicyclic amines) is 1. The van der Waals surface area contributed by atoms with Gasteiger partial charge in [-0.1, -0.05) is 62.4 Å². The number of thioether (sulfide) groups is 1. The molecule has 0 N–H and O–H groups in total. The van der Waals surface area contributed by atoms with Crippen molar-refractivity contribution >= 4 is 17.7 Å². The summed E-state index contributed by atoms with van der Waals surface area (Å²) in [5, 5.41) is -0.175. The first-order valence-corrected chi connectivity index (χ1v) is 9.57. The number of rotatable bonds is 4. The predicted octanol–water partition coefficient (Wildman–Crippen LogP) is 5.02. The van der Waals surface area contributed by atoms with Gasteiger partial charge in [-0.15, -0.1) is 11.8 Å². The Morgan fingerprint density at radius 1 is 0.958 bits per heavy atom. The zero-order valence-corrected chi connectivity index (χ0v) is 15.2. The summed E-state index contributed by atoms with van der Waals surface area (Å²) in [6.07, 6.45) is 1.21. The molecular weight excluding hydrogens is 314 g/mol. The van der Waals surface area contributed by atoms with Crippen LogP contribution >= 0.6 is 11.8 Å². The van der Waals surface area contributed by atoms with E-state index in [1.807, 2.05) is 36.4 Å². The first-order valence-electron chi connectivity index (χ1n) is 8.69. The fourth-order valence-corrected chi connectivity index (χ4v) is 4.66. The number of amides is 1. The number of carbonyl (C=O) groups excluding carboxylic acids is 1. The monoisotopic (exact) mass is 339 g/mol. The summed E-state index contributed by atoms with van der Waals surface area (Å²) in [6, 6.07) is 20.4. The van der Waals surface area contributed by atoms with Crippen molar-refractivity contribution in [3.8, 4) is 0 Å². The second-order valence-electron chi connectivity index (χ2n) is 6.91. The van der Waals surface area contributed by atoms with E-state index in [1.54, 1.807) is 11.8 Å². The van der Waals surface area contributed by atoms with Crippen LogP contribution in [0.3, 0.4) is 0 Å². The summed E-state index contributed by atoms with van der Waals surface area (Å²) >= 11 is 1.65. The fraction of sp³-hybridized carbons (Fsp3) is 0.381. The minimum absolute atomic E-state index is 0.175. The molecule has 1 fully saturated rings. The van der Waals surface area contributed by atoms with Gasteiger partial charge < -0.3 is 4.90 Å². The van der Waals surface area contributed by atoms with Crippen LogP contribution < -0.4 is 0 Å². The van der Waals surface area contributed by atoms with Crippen molar-refractivity contribution in [2.75, 3.05) is 13.1 Å². The lowest BCUT2D eigenvalue weighted by Gasteiger charge is -2.37. The van der Waals surface area contributed by atoms with Crippen LogP contribution in [0.4, 0.5) is 0 Å². The van der Waals surface area contributed by atoms with Crippen molar-refractivity contribution in [3.05, 3.63) is 66.2 Å². The van der Waals surface area contributed by atoms with Crippen LogP contribution in [0.5, 0.6) is 0 Å². The molecule has 3 atom stereocenters. The van der Waals surface area contributed by atoms with Crippen LogP contribution in [0, 0.1) is 11.8 Å². The molecule has 0 aliphatic carbocycles. The van der Waals surface area contributed by atoms with E-state index in [0.717, 1.165) is 23.5 Å². The minimum Gasteiger partial charge on any atom is -0.341 e. The van der Waals surface area contributed by atoms with Gasteiger partial charge in [0, 0.05) is 18.0 Å². The normalized spacial score (nSPS) is 22.2. The van der Waals surface area contributed by atoms with Gasteiger partial charge in [-0.25, -0.2) is 0 Å². The summed E-state index contributed by atoms with van der Waals surface area (Å²) in [4.78, 5) is 16.5. The molecular formula is C21H25NOS. The topological polar surface area (TPSA) is 20.3 Å². The number of nitrogens with zero attached hydrogens (tertiary/aromatic N) is 1. The molecule has 2 aromatic rings. The lowest BCUT2D eigenvalue weighted by Crippen LogP contribution is -2.44. The van der Waals surface area contributed by atoms with E-state index in [2.05, 4.69) is 43.0 Å². The molecule has 0 bridgehead atoms. The maximum Gasteiger partial charge on any atom is 0.240 e. The highest BCUT2D eigenvalue weighted by molar-refractivity contribution is 8.00. The third-order valence-corrected chi connectivity index (χ3v) is 5.76. The molecule has 2 nitrogen and oxygen atoms in total. The zero-order chi connectivity index (χ0) is 16.9. The SMILES string of the molecule is C[C@@H]1C[C@@H](C)CN(C(=O)[C@@H](Sc2ccccc2)c2ccccc2)C1. The van der Waals surface area contributed by atoms with E-state index in [4.69, 9.17) is 0 Å². The summed E-state index contributed by atoms with van der Waals surface area (Å²) in [6.45, 7) is 6.25. The number of piperidine rings is 1. The Hall–Kier alpha value is -1.74. The molecule has 0 unspecified atom stereocenters. The molecule has 126 valence electrons. The number of hydrogen-bond acceptors (Lipinski definition) is 2. The first-order chi connectivity index (χ1) is 11.6. The van der Waals surface area contributed by atoms with E-state index in [1.165, 1.54) is 6.42 Å². The van der Waals surface area contributed by atoms with Crippen molar-refractivity contribution in [1.82, 2.24) is 4.90 Å². The van der Waals surface area contributed by atoms with Gasteiger partial charge in [-0.2, -0.15) is 0 Å². The smallest absolute Gasteiger partial charge is 0.240 e. The van der Waals surface area contributed by atoms with Gasteiger partial charge in [-0.05, 0) is 36.0 Å². The van der Waals surface area contributed by atoms with Crippen molar-refractivity contribution < 1.29 is 4.79 Å². The Morgan fingerprint density at radius 2 is 1.50 bits per heavy atom. The Morgan fingerprint density at radius 3 is 2.08 bits per heavy atom. The summed E-state index contributed by atoms with van der Waals surface area (Å²) in [5.74, 6) is 1.40. The van der Waals surface area contributed by atoms with E-state index in [0.29, 0.717) is 11.8 Å². The number of hydrogen-bond donors (Lipinski definition) is 0. The largest absolute Gasteiger partial charge is 0.341 e. The van der Waals surface area contributed by atoms with Crippen LogP contribution in [0.1, 0.15) is 31.1 Å². The quantitative estimate of drug-likeness (QED) is 0.729. The lowest BCUT2D eigenvalue weighted by molar-refractivity contribution is -0.133. The van der Waals surface area contributed by atoms with Gasteiger partial charge >= 0.3 is 0 Å². The Balaban J connectivity index is 1.85. The molecule has 2 aromatic carbocycles. The molecule has 1 heterocycles. The van der Waals surface area contributed by atoms with Crippen LogP contribution in [-0.4, -0.2) is 23.9 Å². The van der Waals surface area contributed by atoms with Gasteiger partial charge in [0.05, 0.1) is 0 Å². The van der Waals surface area contributed by atoms with E-state index in [-0.39, 0.29) is 11.2 Å². The van der Waals surface area contributed by atoms with Crippen LogP contribution in [0.25, 0.3) is 0 Å². The molecule has 1 saturated heterocycles. The summed E-state index contributed by atoms with van der Waals surface area (Å²) in [5.41, 5.74) is 1.09. The highest BCUT2D eigenvalue weighted by Crippen LogP contribution is 2.37. The van der Waals surface area contributed by atoms with Crippen molar-refractivity contribution in [2.24, 2.45) is 11.8 Å². The van der Waals surface area contributed by atoms with Gasteiger partial charge in [0.2, 0.25) is 5.91 Å². The number of carbonyl (C=O) groups is 1. The van der Waals surface area contributed by atoms with Crippen LogP contribution in [0.2, 0.25) is 0 Å². The molecule has 1 aliphatic rings. The molecule has 24 heavy (non-hydrogen) atoms. The predicted molar refractivity (Wildman–Crippen MR) is 101 cm³/mol. The van der Waals surface area contributed by atoms with Crippen LogP contribution in [-0.2, 0) is 4.79 Å². The summed E-state index contributed by atoms with van der Waals surface area (Å²) < 4.78 is 0. The van der Waals surface area contributed by atoms with Crippen molar-refractivity contribution in [1.29, 1.82) is 0 Å². The Bertz CT molecular complexity index is 648. The third-order valence-electron chi connectivity index (χ3n) is 4.50. The molecule has 3 heteroatoms. The van der Waals surface area contributed by atoms with Gasteiger partial charge in [0.1, 0.15) is 5.25 Å². The van der Waals surface area contributed by atoms with Crippen molar-refractivity contribution in [2.45, 2.75) is 30.4 Å². The zero-order valence-electron chi connectivity index (χ0n) is 14.4. The van der Waals surface area contributed by atoms with E-state index in [9.17, 15) is 4.79 Å². The van der Waals surface area contributed by atoms with Crippen LogP contribution in [0.15, 0.2) is 65.6 Å². The molecule has 1 aliphatic heterocycles. The van der Waals surface area contributed by atoms with Gasteiger partial charge in [0.15, 0.2) is 0 Å². The second-order valence-corrected chi connectivity index (χ2v) is 8.09. The maximum atomic E-state index is 13.3. The average Bonchev–Trinajstić information content (AvgIpc) is 2.60. The Kier molecular flexibility index (Phi) is 5.62. The molecule has 3 rings (SSSR count). The standard InChI is InChI=1S/C21H25NOS/c1-16-13-17(2)15-22(14-16)21(23)20(18-9-5-3-6-10-18)24-19-11-7-4-8-12-19/h3-12,16-17,20H,13-15H2,1-2H3/t16-,17-,20+/m1/s1. The summed E-state index contributed by atoms with van der Waals surface area (Å²) in [7, 11) is 0. The van der Waals surface area contributed by atoms with E-state index >= 15 is 0 Å². The molecule has 0 saturated carbocycles. The number of benzene rings is 2. The highest BCUT2D eigenvalue weighted by atomic mass is 32.2. The van der Waals surface area contributed by atoms with Gasteiger partial charge in [-0.3, -0.25) is 4.79 Å². The molecule has 0 aromatic heterocycles. The molecule has 0 spiro atoms. The highest BCUT2D eigenvalue weighted by Gasteiger charge is 2.31. The van der Waals surface area contributed by atoms with E-state index < -0.39 is 0 Å². The van der Waals surface area contributed by atoms with Gasteiger partial charge in [0.25, 0.3) is 0 Å². The third kappa shape index (κ3) is 4.21. The second kappa shape index (κ2) is 7.89. The lowest BCUT2D eigenvalue weighted by atomic mass is 9.91. The minimum atomic E-state index is -0.175. The molecule has 1 amide bonds.